The molecule has 1 fully saturated rings. The van der Waals surface area contributed by atoms with Crippen LogP contribution in [0.3, 0.4) is 0 Å². The average Bonchev–Trinajstić information content (AvgIpc) is 3.07. The summed E-state index contributed by atoms with van der Waals surface area (Å²) in [6.07, 6.45) is -4.17. The van der Waals surface area contributed by atoms with Crippen LogP contribution < -0.4 is 15.1 Å². The Morgan fingerprint density at radius 2 is 1.35 bits per heavy atom. The van der Waals surface area contributed by atoms with E-state index in [1.165, 1.54) is 0 Å². The summed E-state index contributed by atoms with van der Waals surface area (Å²) in [6.45, 7) is 8.79. The standard InChI is InChI=1S/C38H44O7Si/c1-27-35(45-37(40)29-15-9-6-10-16-29)36(42-25-28-21-23-30(41-5)24-22-28)34(39)33(44-27)26-43-46(38(2,3)4,31-17-11-7-12-18-31)32-19-13-8-14-20-32/h6-24,27,33-36,39H,25-26H2,1-5H3. The zero-order valence-corrected chi connectivity index (χ0v) is 28.2. The molecule has 1 saturated heterocycles. The fourth-order valence-corrected chi connectivity index (χ4v) is 10.8. The van der Waals surface area contributed by atoms with E-state index in [4.69, 9.17) is 23.4 Å². The molecule has 1 N–H and O–H groups in total. The number of aliphatic hydroxyl groups is 1. The van der Waals surface area contributed by atoms with Gasteiger partial charge in [-0.25, -0.2) is 4.79 Å². The van der Waals surface area contributed by atoms with Gasteiger partial charge in [0.05, 0.1) is 32.0 Å². The first-order chi connectivity index (χ1) is 22.1. The topological polar surface area (TPSA) is 83.5 Å². The highest BCUT2D eigenvalue weighted by Gasteiger charge is 2.52. The zero-order chi connectivity index (χ0) is 32.7. The zero-order valence-electron chi connectivity index (χ0n) is 27.2. The highest BCUT2D eigenvalue weighted by molar-refractivity contribution is 6.99. The van der Waals surface area contributed by atoms with Gasteiger partial charge in [-0.1, -0.05) is 112 Å². The van der Waals surface area contributed by atoms with E-state index in [0.717, 1.165) is 21.7 Å². The largest absolute Gasteiger partial charge is 0.497 e. The van der Waals surface area contributed by atoms with Crippen molar-refractivity contribution in [3.63, 3.8) is 0 Å². The molecule has 0 spiro atoms. The summed E-state index contributed by atoms with van der Waals surface area (Å²) in [5.41, 5.74) is 1.30. The third kappa shape index (κ3) is 7.27. The lowest BCUT2D eigenvalue weighted by molar-refractivity contribution is -0.238. The van der Waals surface area contributed by atoms with E-state index in [2.05, 4.69) is 45.0 Å². The maximum Gasteiger partial charge on any atom is 0.338 e. The van der Waals surface area contributed by atoms with Crippen LogP contribution in [0.5, 0.6) is 5.75 Å². The minimum absolute atomic E-state index is 0.126. The lowest BCUT2D eigenvalue weighted by Crippen LogP contribution is -2.68. The number of rotatable bonds is 11. The lowest BCUT2D eigenvalue weighted by atomic mass is 9.95. The second kappa shape index (κ2) is 14.7. The molecule has 4 aromatic rings. The van der Waals surface area contributed by atoms with Gasteiger partial charge in [0.2, 0.25) is 0 Å². The summed E-state index contributed by atoms with van der Waals surface area (Å²) in [6, 6.07) is 37.0. The Kier molecular flexibility index (Phi) is 10.8. The number of esters is 1. The highest BCUT2D eigenvalue weighted by atomic mass is 28.4. The molecule has 5 unspecified atom stereocenters. The number of hydrogen-bond donors (Lipinski definition) is 1. The number of benzene rings is 4. The van der Waals surface area contributed by atoms with E-state index in [-0.39, 0.29) is 18.3 Å². The van der Waals surface area contributed by atoms with Crippen molar-refractivity contribution in [2.75, 3.05) is 13.7 Å². The summed E-state index contributed by atoms with van der Waals surface area (Å²) in [7, 11) is -1.29. The van der Waals surface area contributed by atoms with Crippen LogP contribution >= 0.6 is 0 Å². The number of methoxy groups -OCH3 is 1. The van der Waals surface area contributed by atoms with Gasteiger partial charge in [-0.05, 0) is 52.2 Å². The van der Waals surface area contributed by atoms with Crippen LogP contribution in [0.2, 0.25) is 5.04 Å². The van der Waals surface area contributed by atoms with Gasteiger partial charge in [0.15, 0.2) is 6.10 Å². The number of hydrogen-bond acceptors (Lipinski definition) is 7. The second-order valence-corrected chi connectivity index (χ2v) is 17.0. The van der Waals surface area contributed by atoms with Crippen molar-refractivity contribution in [1.29, 1.82) is 0 Å². The minimum Gasteiger partial charge on any atom is -0.497 e. The quantitative estimate of drug-likeness (QED) is 0.171. The predicted molar refractivity (Wildman–Crippen MR) is 181 cm³/mol. The second-order valence-electron chi connectivity index (χ2n) is 12.7. The van der Waals surface area contributed by atoms with Crippen LogP contribution in [0.1, 0.15) is 43.6 Å². The van der Waals surface area contributed by atoms with Gasteiger partial charge >= 0.3 is 5.97 Å². The van der Waals surface area contributed by atoms with Crippen molar-refractivity contribution in [3.05, 3.63) is 126 Å². The molecule has 0 bridgehead atoms. The predicted octanol–water partition coefficient (Wildman–Crippen LogP) is 5.53. The molecule has 1 aliphatic heterocycles. The van der Waals surface area contributed by atoms with Crippen molar-refractivity contribution in [2.45, 2.75) is 69.9 Å². The molecule has 7 nitrogen and oxygen atoms in total. The third-order valence-electron chi connectivity index (χ3n) is 8.63. The summed E-state index contributed by atoms with van der Waals surface area (Å²) in [4.78, 5) is 13.2. The molecular formula is C38H44O7Si. The maximum atomic E-state index is 13.2. The Balaban J connectivity index is 1.43. The molecule has 1 aliphatic rings. The molecule has 1 heterocycles. The van der Waals surface area contributed by atoms with Crippen LogP contribution in [0.25, 0.3) is 0 Å². The van der Waals surface area contributed by atoms with Crippen LogP contribution in [-0.2, 0) is 25.2 Å². The fraction of sp³-hybridized carbons (Fsp3) is 0.342. The smallest absolute Gasteiger partial charge is 0.338 e. The summed E-state index contributed by atoms with van der Waals surface area (Å²) in [5, 5.41) is 13.9. The monoisotopic (exact) mass is 640 g/mol. The molecule has 0 radical (unpaired) electrons. The molecule has 5 atom stereocenters. The van der Waals surface area contributed by atoms with Crippen LogP contribution in [0.4, 0.5) is 0 Å². The van der Waals surface area contributed by atoms with Gasteiger partial charge in [0.1, 0.15) is 24.1 Å². The van der Waals surface area contributed by atoms with Gasteiger partial charge < -0.3 is 28.5 Å². The lowest BCUT2D eigenvalue weighted by Gasteiger charge is -2.46. The molecule has 0 amide bonds. The average molecular weight is 641 g/mol. The number of ether oxygens (including phenoxy) is 4. The van der Waals surface area contributed by atoms with Crippen molar-refractivity contribution >= 4 is 24.7 Å². The van der Waals surface area contributed by atoms with E-state index >= 15 is 0 Å². The van der Waals surface area contributed by atoms with E-state index in [9.17, 15) is 9.90 Å². The summed E-state index contributed by atoms with van der Waals surface area (Å²) < 4.78 is 31.2. The molecule has 0 saturated carbocycles. The first kappa shape index (κ1) is 33.6. The SMILES string of the molecule is COc1ccc(COC2C(O)C(CO[Si](c3ccccc3)(c3ccccc3)C(C)(C)C)OC(C)C2OC(=O)c2ccccc2)cc1. The van der Waals surface area contributed by atoms with Crippen molar-refractivity contribution in [2.24, 2.45) is 0 Å². The first-order valence-electron chi connectivity index (χ1n) is 15.7. The van der Waals surface area contributed by atoms with Crippen molar-refractivity contribution in [1.82, 2.24) is 0 Å². The van der Waals surface area contributed by atoms with E-state index in [0.29, 0.717) is 5.56 Å². The van der Waals surface area contributed by atoms with Gasteiger partial charge in [0.25, 0.3) is 8.32 Å². The van der Waals surface area contributed by atoms with Gasteiger partial charge in [-0.2, -0.15) is 0 Å². The van der Waals surface area contributed by atoms with E-state index in [1.54, 1.807) is 31.4 Å². The Hall–Kier alpha value is -3.79. The maximum absolute atomic E-state index is 13.2. The Bertz CT molecular complexity index is 1490. The molecule has 0 aliphatic carbocycles. The van der Waals surface area contributed by atoms with E-state index in [1.807, 2.05) is 73.7 Å². The Morgan fingerprint density at radius 3 is 1.87 bits per heavy atom. The first-order valence-corrected chi connectivity index (χ1v) is 17.6. The van der Waals surface area contributed by atoms with Gasteiger partial charge in [-0.15, -0.1) is 0 Å². The highest BCUT2D eigenvalue weighted by Crippen LogP contribution is 2.38. The number of carbonyl (C=O) groups excluding carboxylic acids is 1. The van der Waals surface area contributed by atoms with Crippen LogP contribution in [0, 0.1) is 0 Å². The van der Waals surface area contributed by atoms with Crippen molar-refractivity contribution in [3.8, 4) is 5.75 Å². The molecular weight excluding hydrogens is 596 g/mol. The van der Waals surface area contributed by atoms with Crippen molar-refractivity contribution < 1.29 is 33.3 Å². The molecule has 8 heteroatoms. The molecule has 46 heavy (non-hydrogen) atoms. The normalized spacial score (nSPS) is 21.8. The Labute approximate surface area is 273 Å². The number of carbonyl (C=O) groups is 1. The fourth-order valence-electron chi connectivity index (χ4n) is 6.25. The number of aliphatic hydroxyl groups excluding tert-OH is 1. The molecule has 242 valence electrons. The van der Waals surface area contributed by atoms with Crippen LogP contribution in [-0.4, -0.2) is 63.6 Å². The molecule has 4 aromatic carbocycles. The summed E-state index contributed by atoms with van der Waals surface area (Å²) >= 11 is 0. The molecule has 5 rings (SSSR count). The van der Waals surface area contributed by atoms with Gasteiger partial charge in [0, 0.05) is 0 Å². The summed E-state index contributed by atoms with van der Waals surface area (Å²) in [5.74, 6) is 0.229. The van der Waals surface area contributed by atoms with E-state index < -0.39 is 44.8 Å². The minimum atomic E-state index is -2.90. The molecule has 0 aromatic heterocycles. The van der Waals surface area contributed by atoms with Crippen LogP contribution in [0.15, 0.2) is 115 Å². The van der Waals surface area contributed by atoms with Gasteiger partial charge in [-0.3, -0.25) is 0 Å². The third-order valence-corrected chi connectivity index (χ3v) is 13.6. The Morgan fingerprint density at radius 1 is 0.804 bits per heavy atom.